The van der Waals surface area contributed by atoms with Crippen LogP contribution in [0.25, 0.3) is 0 Å². The van der Waals surface area contributed by atoms with Gasteiger partial charge in [-0.1, -0.05) is 30.0 Å². The van der Waals surface area contributed by atoms with Crippen LogP contribution in [-0.4, -0.2) is 35.3 Å². The van der Waals surface area contributed by atoms with Gasteiger partial charge in [0.25, 0.3) is 5.22 Å². The fourth-order valence-corrected chi connectivity index (χ4v) is 3.59. The van der Waals surface area contributed by atoms with Gasteiger partial charge in [0.05, 0.1) is 18.8 Å². The van der Waals surface area contributed by atoms with Gasteiger partial charge in [-0.15, -0.1) is 10.2 Å². The molecule has 0 saturated carbocycles. The molecule has 1 aliphatic rings. The van der Waals surface area contributed by atoms with E-state index in [1.54, 1.807) is 14.0 Å². The van der Waals surface area contributed by atoms with E-state index in [1.807, 2.05) is 42.5 Å². The number of hydrogen-bond acceptors (Lipinski definition) is 8. The molecule has 8 nitrogen and oxygen atoms in total. The zero-order chi connectivity index (χ0) is 20.9. The first-order chi connectivity index (χ1) is 14.6. The smallest absolute Gasteiger partial charge is 0.277 e. The molecule has 1 aliphatic heterocycles. The predicted molar refractivity (Wildman–Crippen MR) is 110 cm³/mol. The number of amides is 1. The third-order valence-corrected chi connectivity index (χ3v) is 5.45. The van der Waals surface area contributed by atoms with Crippen LogP contribution in [0.3, 0.4) is 0 Å². The quantitative estimate of drug-likeness (QED) is 0.548. The second kappa shape index (κ2) is 9.08. The maximum absolute atomic E-state index is 12.4. The van der Waals surface area contributed by atoms with Gasteiger partial charge < -0.3 is 23.9 Å². The highest BCUT2D eigenvalue weighted by atomic mass is 32.2. The van der Waals surface area contributed by atoms with Crippen LogP contribution >= 0.6 is 11.8 Å². The molecule has 2 aromatic carbocycles. The van der Waals surface area contributed by atoms with Gasteiger partial charge in [-0.2, -0.15) is 0 Å². The molecular formula is C21H21N3O5S. The Balaban J connectivity index is 1.28. The van der Waals surface area contributed by atoms with Crippen LogP contribution in [0.1, 0.15) is 23.9 Å². The van der Waals surface area contributed by atoms with E-state index in [4.69, 9.17) is 18.6 Å². The van der Waals surface area contributed by atoms with Gasteiger partial charge in [0.15, 0.2) is 11.5 Å². The summed E-state index contributed by atoms with van der Waals surface area (Å²) in [6.45, 7) is 2.42. The van der Waals surface area contributed by atoms with E-state index in [9.17, 15) is 4.79 Å². The van der Waals surface area contributed by atoms with Crippen molar-refractivity contribution in [2.45, 2.75) is 30.4 Å². The van der Waals surface area contributed by atoms with E-state index in [0.717, 1.165) is 22.6 Å². The first kappa shape index (κ1) is 20.1. The Morgan fingerprint density at radius 2 is 1.90 bits per heavy atom. The minimum Gasteiger partial charge on any atom is -0.497 e. The van der Waals surface area contributed by atoms with E-state index in [2.05, 4.69) is 15.5 Å². The molecule has 3 aromatic rings. The van der Waals surface area contributed by atoms with Crippen LogP contribution in [0.5, 0.6) is 17.2 Å². The van der Waals surface area contributed by atoms with Gasteiger partial charge in [-0.25, -0.2) is 0 Å². The minimum absolute atomic E-state index is 0.118. The summed E-state index contributed by atoms with van der Waals surface area (Å²) < 4.78 is 21.5. The highest BCUT2D eigenvalue weighted by molar-refractivity contribution is 8.00. The van der Waals surface area contributed by atoms with Crippen LogP contribution < -0.4 is 19.5 Å². The highest BCUT2D eigenvalue weighted by Crippen LogP contribution is 2.32. The fraction of sp³-hybridized carbons (Fsp3) is 0.286. The van der Waals surface area contributed by atoms with Crippen molar-refractivity contribution in [3.63, 3.8) is 0 Å². The molecule has 0 saturated heterocycles. The van der Waals surface area contributed by atoms with Gasteiger partial charge in [0.1, 0.15) is 5.75 Å². The first-order valence-electron chi connectivity index (χ1n) is 9.39. The number of nitrogens with zero attached hydrogens (tertiary/aromatic N) is 2. The van der Waals surface area contributed by atoms with Crippen LogP contribution in [0, 0.1) is 0 Å². The van der Waals surface area contributed by atoms with Crippen molar-refractivity contribution in [2.24, 2.45) is 0 Å². The number of fused-ring (bicyclic) bond motifs is 1. The van der Waals surface area contributed by atoms with E-state index >= 15 is 0 Å². The molecule has 0 unspecified atom stereocenters. The second-order valence-corrected chi connectivity index (χ2v) is 7.94. The molecule has 2 heterocycles. The molecule has 30 heavy (non-hydrogen) atoms. The number of rotatable bonds is 8. The number of methoxy groups -OCH3 is 1. The van der Waals surface area contributed by atoms with Crippen molar-refractivity contribution in [3.05, 3.63) is 59.5 Å². The van der Waals surface area contributed by atoms with Crippen molar-refractivity contribution in [3.8, 4) is 17.2 Å². The Hall–Kier alpha value is -3.20. The van der Waals surface area contributed by atoms with Crippen LogP contribution in [-0.2, 0) is 17.8 Å². The number of hydrogen-bond donors (Lipinski definition) is 1. The van der Waals surface area contributed by atoms with Crippen molar-refractivity contribution in [1.29, 1.82) is 0 Å². The van der Waals surface area contributed by atoms with E-state index in [1.165, 1.54) is 11.8 Å². The molecule has 1 aromatic heterocycles. The average molecular weight is 427 g/mol. The number of thioether (sulfide) groups is 1. The number of benzene rings is 2. The summed E-state index contributed by atoms with van der Waals surface area (Å²) in [4.78, 5) is 12.4. The number of aromatic nitrogens is 2. The van der Waals surface area contributed by atoms with Gasteiger partial charge in [0, 0.05) is 6.54 Å². The summed E-state index contributed by atoms with van der Waals surface area (Å²) in [6.07, 6.45) is 0.516. The lowest BCUT2D eigenvalue weighted by Crippen LogP contribution is -2.30. The number of ether oxygens (including phenoxy) is 3. The summed E-state index contributed by atoms with van der Waals surface area (Å²) in [5, 5.41) is 11.0. The Kier molecular flexibility index (Phi) is 6.08. The predicted octanol–water partition coefficient (Wildman–Crippen LogP) is 3.19. The van der Waals surface area contributed by atoms with Crippen molar-refractivity contribution >= 4 is 17.7 Å². The SMILES string of the molecule is COc1ccc(Cc2nnc(S[C@H](C)C(=O)NCc3ccc4c(c3)OCO4)o2)cc1. The lowest BCUT2D eigenvalue weighted by atomic mass is 10.1. The van der Waals surface area contributed by atoms with Crippen molar-refractivity contribution < 1.29 is 23.4 Å². The molecule has 0 spiro atoms. The molecule has 1 N–H and O–H groups in total. The second-order valence-electron chi connectivity index (χ2n) is 6.65. The molecule has 1 amide bonds. The average Bonchev–Trinajstić information content (AvgIpc) is 3.41. The zero-order valence-corrected chi connectivity index (χ0v) is 17.4. The summed E-state index contributed by atoms with van der Waals surface area (Å²) >= 11 is 1.23. The maximum atomic E-state index is 12.4. The van der Waals surface area contributed by atoms with Crippen LogP contribution in [0.2, 0.25) is 0 Å². The molecular weight excluding hydrogens is 406 g/mol. The van der Waals surface area contributed by atoms with Gasteiger partial charge in [-0.3, -0.25) is 4.79 Å². The molecule has 0 bridgehead atoms. The van der Waals surface area contributed by atoms with E-state index in [0.29, 0.717) is 29.8 Å². The normalized spacial score (nSPS) is 13.1. The van der Waals surface area contributed by atoms with Crippen LogP contribution in [0.4, 0.5) is 0 Å². The van der Waals surface area contributed by atoms with Gasteiger partial charge in [0.2, 0.25) is 18.6 Å². The standard InChI is InChI=1S/C21H21N3O5S/c1-13(20(25)22-11-15-5-8-17-18(9-15)28-12-27-17)30-21-24-23-19(29-21)10-14-3-6-16(26-2)7-4-14/h3-9,13H,10-12H2,1-2H3,(H,22,25)/t13-/m1/s1. The van der Waals surface area contributed by atoms with E-state index < -0.39 is 0 Å². The zero-order valence-electron chi connectivity index (χ0n) is 16.6. The third kappa shape index (κ3) is 4.85. The fourth-order valence-electron chi connectivity index (χ4n) is 2.86. The highest BCUT2D eigenvalue weighted by Gasteiger charge is 2.19. The maximum Gasteiger partial charge on any atom is 0.277 e. The molecule has 9 heteroatoms. The first-order valence-corrected chi connectivity index (χ1v) is 10.3. The van der Waals surface area contributed by atoms with E-state index in [-0.39, 0.29) is 18.0 Å². The molecule has 156 valence electrons. The Morgan fingerprint density at radius 3 is 2.70 bits per heavy atom. The molecule has 0 aliphatic carbocycles. The largest absolute Gasteiger partial charge is 0.497 e. The minimum atomic E-state index is -0.381. The lowest BCUT2D eigenvalue weighted by molar-refractivity contribution is -0.120. The third-order valence-electron chi connectivity index (χ3n) is 4.51. The Morgan fingerprint density at radius 1 is 1.13 bits per heavy atom. The monoisotopic (exact) mass is 427 g/mol. The molecule has 1 atom stereocenters. The topological polar surface area (TPSA) is 95.7 Å². The molecule has 0 fully saturated rings. The van der Waals surface area contributed by atoms with Gasteiger partial charge >= 0.3 is 0 Å². The Bertz CT molecular complexity index is 1020. The summed E-state index contributed by atoms with van der Waals surface area (Å²) in [7, 11) is 1.63. The van der Waals surface area contributed by atoms with Gasteiger partial charge in [-0.05, 0) is 42.3 Å². The van der Waals surface area contributed by atoms with Crippen molar-refractivity contribution in [1.82, 2.24) is 15.5 Å². The summed E-state index contributed by atoms with van der Waals surface area (Å²) in [5.74, 6) is 2.58. The molecule has 0 radical (unpaired) electrons. The molecule has 4 rings (SSSR count). The van der Waals surface area contributed by atoms with Crippen molar-refractivity contribution in [2.75, 3.05) is 13.9 Å². The summed E-state index contributed by atoms with van der Waals surface area (Å²) in [6, 6.07) is 13.3. The summed E-state index contributed by atoms with van der Waals surface area (Å²) in [5.41, 5.74) is 1.97. The van der Waals surface area contributed by atoms with Crippen LogP contribution in [0.15, 0.2) is 52.1 Å². The Labute approximate surface area is 177 Å². The number of carbonyl (C=O) groups is 1. The number of nitrogens with one attached hydrogen (secondary N) is 1. The lowest BCUT2D eigenvalue weighted by Gasteiger charge is -2.10. The number of carbonyl (C=O) groups excluding carboxylic acids is 1.